The fourth-order valence-electron chi connectivity index (χ4n) is 1.69. The number of aliphatic hydroxyl groups is 1. The molecule has 88 valence electrons. The summed E-state index contributed by atoms with van der Waals surface area (Å²) in [5, 5.41) is 9.14. The average Bonchev–Trinajstić information content (AvgIpc) is 2.59. The fourth-order valence-corrected chi connectivity index (χ4v) is 1.83. The topological polar surface area (TPSA) is 49.8 Å². The van der Waals surface area contributed by atoms with Crippen LogP contribution in [-0.2, 0) is 9.53 Å². The first-order valence-electron chi connectivity index (χ1n) is 5.32. The SMILES string of the molecule is CCO[C@@H]1CN(C(=O)[C@@H](Cl)CC)C[C@H]1O. The Morgan fingerprint density at radius 3 is 2.80 bits per heavy atom. The van der Waals surface area contributed by atoms with Crippen molar-refractivity contribution in [2.45, 2.75) is 37.9 Å². The van der Waals surface area contributed by atoms with Crippen molar-refractivity contribution >= 4 is 17.5 Å². The number of likely N-dealkylation sites (tertiary alicyclic amines) is 1. The lowest BCUT2D eigenvalue weighted by molar-refractivity contribution is -0.130. The van der Waals surface area contributed by atoms with Gasteiger partial charge in [0.1, 0.15) is 11.5 Å². The van der Waals surface area contributed by atoms with Crippen LogP contribution in [0.1, 0.15) is 20.3 Å². The van der Waals surface area contributed by atoms with Crippen LogP contribution in [0.3, 0.4) is 0 Å². The van der Waals surface area contributed by atoms with Gasteiger partial charge in [0.2, 0.25) is 5.91 Å². The molecule has 0 bridgehead atoms. The highest BCUT2D eigenvalue weighted by atomic mass is 35.5. The average molecular weight is 236 g/mol. The van der Waals surface area contributed by atoms with Gasteiger partial charge in [0.05, 0.1) is 6.10 Å². The van der Waals surface area contributed by atoms with Gasteiger partial charge < -0.3 is 14.7 Å². The minimum Gasteiger partial charge on any atom is -0.388 e. The number of hydrogen-bond acceptors (Lipinski definition) is 3. The molecular weight excluding hydrogens is 218 g/mol. The molecule has 1 aliphatic heterocycles. The smallest absolute Gasteiger partial charge is 0.240 e. The molecule has 1 N–H and O–H groups in total. The number of β-amino-alcohol motifs (C(OH)–C–C–N with tert-alkyl or cyclic N) is 1. The lowest BCUT2D eigenvalue weighted by Gasteiger charge is -2.18. The predicted molar refractivity (Wildman–Crippen MR) is 57.9 cm³/mol. The van der Waals surface area contributed by atoms with Crippen molar-refractivity contribution in [2.75, 3.05) is 19.7 Å². The molecule has 1 saturated heterocycles. The van der Waals surface area contributed by atoms with Crippen molar-refractivity contribution in [3.63, 3.8) is 0 Å². The van der Waals surface area contributed by atoms with E-state index in [2.05, 4.69) is 0 Å². The molecule has 0 aromatic rings. The number of ether oxygens (including phenoxy) is 1. The van der Waals surface area contributed by atoms with E-state index in [1.165, 1.54) is 0 Å². The van der Waals surface area contributed by atoms with Gasteiger partial charge in [0.15, 0.2) is 0 Å². The van der Waals surface area contributed by atoms with Crippen LogP contribution in [0.25, 0.3) is 0 Å². The van der Waals surface area contributed by atoms with Crippen LogP contribution in [0.4, 0.5) is 0 Å². The normalized spacial score (nSPS) is 28.1. The van der Waals surface area contributed by atoms with E-state index in [1.54, 1.807) is 4.90 Å². The van der Waals surface area contributed by atoms with Crippen LogP contribution in [0, 0.1) is 0 Å². The second-order valence-electron chi connectivity index (χ2n) is 3.68. The van der Waals surface area contributed by atoms with Crippen LogP contribution in [0.2, 0.25) is 0 Å². The predicted octanol–water partition coefficient (Wildman–Crippen LogP) is 0.612. The van der Waals surface area contributed by atoms with E-state index in [1.807, 2.05) is 13.8 Å². The first-order valence-corrected chi connectivity index (χ1v) is 5.76. The quantitative estimate of drug-likeness (QED) is 0.727. The Balaban J connectivity index is 2.50. The zero-order chi connectivity index (χ0) is 11.4. The van der Waals surface area contributed by atoms with Crippen molar-refractivity contribution < 1.29 is 14.6 Å². The Morgan fingerprint density at radius 2 is 2.27 bits per heavy atom. The summed E-state index contributed by atoms with van der Waals surface area (Å²) >= 11 is 5.85. The number of nitrogens with zero attached hydrogens (tertiary/aromatic N) is 1. The number of rotatable bonds is 4. The lowest BCUT2D eigenvalue weighted by Crippen LogP contribution is -2.35. The van der Waals surface area contributed by atoms with Gasteiger partial charge in [-0.25, -0.2) is 0 Å². The Morgan fingerprint density at radius 1 is 1.60 bits per heavy atom. The van der Waals surface area contributed by atoms with Crippen molar-refractivity contribution in [3.8, 4) is 0 Å². The fraction of sp³-hybridized carbons (Fsp3) is 0.900. The molecule has 0 unspecified atom stereocenters. The number of alkyl halides is 1. The third-order valence-corrected chi connectivity index (χ3v) is 3.05. The van der Waals surface area contributed by atoms with Gasteiger partial charge in [-0.2, -0.15) is 0 Å². The van der Waals surface area contributed by atoms with E-state index in [4.69, 9.17) is 16.3 Å². The second kappa shape index (κ2) is 5.68. The Hall–Kier alpha value is -0.320. The van der Waals surface area contributed by atoms with E-state index in [0.717, 1.165) is 0 Å². The molecule has 1 fully saturated rings. The standard InChI is InChI=1S/C10H18ClNO3/c1-3-7(11)10(14)12-5-8(13)9(6-12)15-4-2/h7-9,13H,3-6H2,1-2H3/t7-,8+,9+/m0/s1. The van der Waals surface area contributed by atoms with Crippen molar-refractivity contribution in [1.29, 1.82) is 0 Å². The van der Waals surface area contributed by atoms with Gasteiger partial charge in [-0.3, -0.25) is 4.79 Å². The molecule has 1 amide bonds. The van der Waals surface area contributed by atoms with E-state index in [9.17, 15) is 9.90 Å². The lowest BCUT2D eigenvalue weighted by atomic mass is 10.3. The maximum atomic E-state index is 11.7. The number of carbonyl (C=O) groups excluding carboxylic acids is 1. The number of hydrogen-bond donors (Lipinski definition) is 1. The van der Waals surface area contributed by atoms with E-state index in [-0.39, 0.29) is 12.0 Å². The first-order chi connectivity index (χ1) is 7.10. The molecule has 0 saturated carbocycles. The molecule has 1 heterocycles. The molecule has 3 atom stereocenters. The molecule has 0 radical (unpaired) electrons. The third kappa shape index (κ3) is 3.06. The summed E-state index contributed by atoms with van der Waals surface area (Å²) in [6.45, 7) is 5.04. The molecule has 5 heteroatoms. The summed E-state index contributed by atoms with van der Waals surface area (Å²) in [6.07, 6.45) is -0.249. The Bertz CT molecular complexity index is 225. The summed E-state index contributed by atoms with van der Waals surface area (Å²) in [5.74, 6) is -0.111. The molecule has 1 aliphatic rings. The van der Waals surface area contributed by atoms with Crippen molar-refractivity contribution in [1.82, 2.24) is 4.90 Å². The molecular formula is C10H18ClNO3. The number of amides is 1. The summed E-state index contributed by atoms with van der Waals surface area (Å²) in [5.41, 5.74) is 0. The van der Waals surface area contributed by atoms with Crippen LogP contribution in [0.5, 0.6) is 0 Å². The zero-order valence-corrected chi connectivity index (χ0v) is 9.91. The van der Waals surface area contributed by atoms with Crippen molar-refractivity contribution in [2.24, 2.45) is 0 Å². The van der Waals surface area contributed by atoms with Crippen LogP contribution >= 0.6 is 11.6 Å². The van der Waals surface area contributed by atoms with Crippen LogP contribution in [-0.4, -0.2) is 53.2 Å². The molecule has 15 heavy (non-hydrogen) atoms. The van der Waals surface area contributed by atoms with E-state index in [0.29, 0.717) is 26.1 Å². The highest BCUT2D eigenvalue weighted by Crippen LogP contribution is 2.17. The van der Waals surface area contributed by atoms with Gasteiger partial charge in [-0.05, 0) is 13.3 Å². The van der Waals surface area contributed by atoms with Crippen LogP contribution < -0.4 is 0 Å². The Kier molecular flexibility index (Phi) is 4.83. The molecule has 1 rings (SSSR count). The summed E-state index contributed by atoms with van der Waals surface area (Å²) in [4.78, 5) is 13.3. The number of carbonyl (C=O) groups is 1. The third-order valence-electron chi connectivity index (χ3n) is 2.56. The monoisotopic (exact) mass is 235 g/mol. The maximum absolute atomic E-state index is 11.7. The Labute approximate surface area is 95.2 Å². The number of aliphatic hydroxyl groups excluding tert-OH is 1. The van der Waals surface area contributed by atoms with E-state index >= 15 is 0 Å². The second-order valence-corrected chi connectivity index (χ2v) is 4.21. The minimum atomic E-state index is -0.588. The zero-order valence-electron chi connectivity index (χ0n) is 9.15. The van der Waals surface area contributed by atoms with Gasteiger partial charge in [0, 0.05) is 19.7 Å². The summed E-state index contributed by atoms with van der Waals surface area (Å²) in [6, 6.07) is 0. The van der Waals surface area contributed by atoms with E-state index < -0.39 is 11.5 Å². The minimum absolute atomic E-state index is 0.111. The van der Waals surface area contributed by atoms with Gasteiger partial charge >= 0.3 is 0 Å². The molecule has 0 spiro atoms. The summed E-state index contributed by atoms with van der Waals surface area (Å²) < 4.78 is 5.32. The van der Waals surface area contributed by atoms with Gasteiger partial charge in [0.25, 0.3) is 0 Å². The highest BCUT2D eigenvalue weighted by molar-refractivity contribution is 6.30. The van der Waals surface area contributed by atoms with Crippen LogP contribution in [0.15, 0.2) is 0 Å². The van der Waals surface area contributed by atoms with Crippen molar-refractivity contribution in [3.05, 3.63) is 0 Å². The van der Waals surface area contributed by atoms with Gasteiger partial charge in [-0.1, -0.05) is 6.92 Å². The molecule has 0 aliphatic carbocycles. The number of halogens is 1. The molecule has 0 aromatic heterocycles. The largest absolute Gasteiger partial charge is 0.388 e. The highest BCUT2D eigenvalue weighted by Gasteiger charge is 2.35. The van der Waals surface area contributed by atoms with Gasteiger partial charge in [-0.15, -0.1) is 11.6 Å². The first kappa shape index (κ1) is 12.7. The molecule has 4 nitrogen and oxygen atoms in total. The maximum Gasteiger partial charge on any atom is 0.240 e. The molecule has 0 aromatic carbocycles. The summed E-state index contributed by atoms with van der Waals surface area (Å²) in [7, 11) is 0.